The molecule has 1 aliphatic carbocycles. The molecule has 1 aromatic heterocycles. The maximum atomic E-state index is 6.03. The molecule has 2 atom stereocenters. The zero-order valence-electron chi connectivity index (χ0n) is 12.4. The summed E-state index contributed by atoms with van der Waals surface area (Å²) >= 11 is 6.03. The second-order valence-electron chi connectivity index (χ2n) is 5.99. The zero-order chi connectivity index (χ0) is 14.7. The minimum Gasteiger partial charge on any atom is -0.378 e. The molecule has 1 aliphatic heterocycles. The Kier molecular flexibility index (Phi) is 4.75. The second kappa shape index (κ2) is 6.75. The highest BCUT2D eigenvalue weighted by Crippen LogP contribution is 2.30. The van der Waals surface area contributed by atoms with Crippen molar-refractivity contribution in [2.45, 2.75) is 26.2 Å². The van der Waals surface area contributed by atoms with Crippen LogP contribution in [0.2, 0.25) is 5.28 Å². The first-order valence-corrected chi connectivity index (χ1v) is 8.06. The third kappa shape index (κ3) is 3.95. The van der Waals surface area contributed by atoms with Crippen molar-refractivity contribution in [2.75, 3.05) is 43.1 Å². The molecule has 1 saturated carbocycles. The summed E-state index contributed by atoms with van der Waals surface area (Å²) in [4.78, 5) is 15.0. The van der Waals surface area contributed by atoms with E-state index in [4.69, 9.17) is 16.3 Å². The number of morpholine rings is 1. The Morgan fingerprint density at radius 1 is 1.24 bits per heavy atom. The third-order valence-electron chi connectivity index (χ3n) is 4.24. The summed E-state index contributed by atoms with van der Waals surface area (Å²) in [5.74, 6) is 2.77. The van der Waals surface area contributed by atoms with Crippen molar-refractivity contribution in [2.24, 2.45) is 11.8 Å². The number of nitrogens with zero attached hydrogens (tertiary/aromatic N) is 4. The average Bonchev–Trinajstić information content (AvgIpc) is 2.91. The summed E-state index contributed by atoms with van der Waals surface area (Å²) in [6, 6.07) is 0. The first kappa shape index (κ1) is 14.8. The third-order valence-corrected chi connectivity index (χ3v) is 4.41. The maximum absolute atomic E-state index is 6.03. The van der Waals surface area contributed by atoms with Gasteiger partial charge in [0.25, 0.3) is 0 Å². The van der Waals surface area contributed by atoms with Crippen LogP contribution in [-0.2, 0) is 4.74 Å². The average molecular weight is 312 g/mol. The van der Waals surface area contributed by atoms with Crippen molar-refractivity contribution in [3.05, 3.63) is 5.28 Å². The Morgan fingerprint density at radius 2 is 2.05 bits per heavy atom. The minimum atomic E-state index is 0.244. The van der Waals surface area contributed by atoms with Crippen LogP contribution in [0.1, 0.15) is 26.2 Å². The quantitative estimate of drug-likeness (QED) is 0.920. The normalized spacial score (nSPS) is 26.1. The van der Waals surface area contributed by atoms with Crippen LogP contribution >= 0.6 is 11.6 Å². The van der Waals surface area contributed by atoms with Crippen LogP contribution in [0.3, 0.4) is 0 Å². The molecule has 2 unspecified atom stereocenters. The molecule has 1 aromatic rings. The first-order valence-electron chi connectivity index (χ1n) is 7.69. The lowest BCUT2D eigenvalue weighted by Crippen LogP contribution is -2.37. The fourth-order valence-electron chi connectivity index (χ4n) is 3.07. The van der Waals surface area contributed by atoms with Crippen LogP contribution < -0.4 is 10.2 Å². The van der Waals surface area contributed by atoms with Crippen molar-refractivity contribution in [3.63, 3.8) is 0 Å². The SMILES string of the molecule is CC1CCC(CNc2nc(Cl)nc(N3CCOCC3)n2)C1. The summed E-state index contributed by atoms with van der Waals surface area (Å²) in [5, 5.41) is 3.57. The van der Waals surface area contributed by atoms with Crippen LogP contribution in [0.5, 0.6) is 0 Å². The van der Waals surface area contributed by atoms with Crippen LogP contribution in [0.15, 0.2) is 0 Å². The highest BCUT2D eigenvalue weighted by atomic mass is 35.5. The molecular formula is C14H22ClN5O. The molecule has 0 radical (unpaired) electrons. The Bertz CT molecular complexity index is 480. The van der Waals surface area contributed by atoms with E-state index in [-0.39, 0.29) is 5.28 Å². The maximum Gasteiger partial charge on any atom is 0.231 e. The van der Waals surface area contributed by atoms with Crippen LogP contribution in [0.25, 0.3) is 0 Å². The van der Waals surface area contributed by atoms with E-state index in [1.807, 2.05) is 0 Å². The minimum absolute atomic E-state index is 0.244. The second-order valence-corrected chi connectivity index (χ2v) is 6.33. The molecule has 0 aromatic carbocycles. The van der Waals surface area contributed by atoms with Crippen molar-refractivity contribution in [3.8, 4) is 0 Å². The number of rotatable bonds is 4. The summed E-state index contributed by atoms with van der Waals surface area (Å²) < 4.78 is 5.35. The van der Waals surface area contributed by atoms with Gasteiger partial charge in [-0.25, -0.2) is 0 Å². The van der Waals surface area contributed by atoms with E-state index < -0.39 is 0 Å². The van der Waals surface area contributed by atoms with Crippen LogP contribution in [0.4, 0.5) is 11.9 Å². The molecule has 116 valence electrons. The van der Waals surface area contributed by atoms with E-state index >= 15 is 0 Å². The lowest BCUT2D eigenvalue weighted by atomic mass is 10.1. The van der Waals surface area contributed by atoms with Gasteiger partial charge in [0.2, 0.25) is 17.2 Å². The van der Waals surface area contributed by atoms with E-state index in [9.17, 15) is 0 Å². The largest absolute Gasteiger partial charge is 0.378 e. The van der Waals surface area contributed by atoms with Gasteiger partial charge in [-0.1, -0.05) is 13.3 Å². The van der Waals surface area contributed by atoms with E-state index in [2.05, 4.69) is 32.1 Å². The number of halogens is 1. The molecule has 1 saturated heterocycles. The van der Waals surface area contributed by atoms with Gasteiger partial charge in [0.1, 0.15) is 0 Å². The molecule has 0 bridgehead atoms. The lowest BCUT2D eigenvalue weighted by molar-refractivity contribution is 0.122. The van der Waals surface area contributed by atoms with E-state index in [0.717, 1.165) is 25.6 Å². The lowest BCUT2D eigenvalue weighted by Gasteiger charge is -2.26. The molecule has 3 rings (SSSR count). The Hall–Kier alpha value is -1.14. The van der Waals surface area contributed by atoms with Gasteiger partial charge in [-0.15, -0.1) is 0 Å². The molecule has 21 heavy (non-hydrogen) atoms. The topological polar surface area (TPSA) is 63.2 Å². The Morgan fingerprint density at radius 3 is 2.76 bits per heavy atom. The van der Waals surface area contributed by atoms with Crippen LogP contribution in [0, 0.1) is 11.8 Å². The molecule has 6 nitrogen and oxygen atoms in total. The summed E-state index contributed by atoms with van der Waals surface area (Å²) in [7, 11) is 0. The van der Waals surface area contributed by atoms with Gasteiger partial charge in [0.05, 0.1) is 13.2 Å². The predicted molar refractivity (Wildman–Crippen MR) is 82.9 cm³/mol. The zero-order valence-corrected chi connectivity index (χ0v) is 13.1. The summed E-state index contributed by atoms with van der Waals surface area (Å²) in [5.41, 5.74) is 0. The molecule has 0 spiro atoms. The fraction of sp³-hybridized carbons (Fsp3) is 0.786. The van der Waals surface area contributed by atoms with Gasteiger partial charge in [-0.3, -0.25) is 0 Å². The van der Waals surface area contributed by atoms with E-state index in [1.165, 1.54) is 19.3 Å². The van der Waals surface area contributed by atoms with Gasteiger partial charge >= 0.3 is 0 Å². The smallest absolute Gasteiger partial charge is 0.231 e. The van der Waals surface area contributed by atoms with Gasteiger partial charge < -0.3 is 15.0 Å². The number of ether oxygens (including phenoxy) is 1. The van der Waals surface area contributed by atoms with Gasteiger partial charge in [0.15, 0.2) is 0 Å². The van der Waals surface area contributed by atoms with Gasteiger partial charge in [0, 0.05) is 19.6 Å². The Balaban J connectivity index is 1.63. The molecule has 0 amide bonds. The molecule has 2 heterocycles. The number of nitrogens with one attached hydrogen (secondary N) is 1. The first-order chi connectivity index (χ1) is 10.2. The van der Waals surface area contributed by atoms with Gasteiger partial charge in [-0.05, 0) is 36.3 Å². The highest BCUT2D eigenvalue weighted by molar-refractivity contribution is 6.28. The molecule has 2 aliphatic rings. The Labute approximate surface area is 130 Å². The summed E-state index contributed by atoms with van der Waals surface area (Å²) in [6.07, 6.45) is 3.88. The fourth-order valence-corrected chi connectivity index (χ4v) is 3.23. The van der Waals surface area contributed by atoms with Crippen molar-refractivity contribution in [1.29, 1.82) is 0 Å². The molecule has 1 N–H and O–H groups in total. The van der Waals surface area contributed by atoms with E-state index in [1.54, 1.807) is 0 Å². The highest BCUT2D eigenvalue weighted by Gasteiger charge is 2.22. The molecular weight excluding hydrogens is 290 g/mol. The molecule has 7 heteroatoms. The van der Waals surface area contributed by atoms with Crippen molar-refractivity contribution in [1.82, 2.24) is 15.0 Å². The molecule has 2 fully saturated rings. The van der Waals surface area contributed by atoms with Crippen LogP contribution in [-0.4, -0.2) is 47.8 Å². The van der Waals surface area contributed by atoms with Crippen molar-refractivity contribution >= 4 is 23.5 Å². The number of anilines is 2. The monoisotopic (exact) mass is 311 g/mol. The number of aromatic nitrogens is 3. The van der Waals surface area contributed by atoms with Crippen molar-refractivity contribution < 1.29 is 4.74 Å². The summed E-state index contributed by atoms with van der Waals surface area (Å²) in [6.45, 7) is 6.21. The predicted octanol–water partition coefficient (Wildman–Crippen LogP) is 2.21. The van der Waals surface area contributed by atoms with E-state index in [0.29, 0.717) is 31.0 Å². The number of hydrogen-bond donors (Lipinski definition) is 1. The van der Waals surface area contributed by atoms with Gasteiger partial charge in [-0.2, -0.15) is 15.0 Å². The standard InChI is InChI=1S/C14H22ClN5O/c1-10-2-3-11(8-10)9-16-13-17-12(15)18-14(19-13)20-4-6-21-7-5-20/h10-11H,2-9H2,1H3,(H,16,17,18,19). The number of hydrogen-bond acceptors (Lipinski definition) is 6.